The number of carbonyl (C=O) groups is 2. The van der Waals surface area contributed by atoms with Crippen LogP contribution in [0.3, 0.4) is 0 Å². The number of nitrogens with one attached hydrogen (secondary N) is 1. The van der Waals surface area contributed by atoms with E-state index >= 15 is 0 Å². The first-order valence-electron chi connectivity index (χ1n) is 10.8. The molecule has 2 heterocycles. The molecular formula is C26H25N3O5. The minimum atomic E-state index is -0.447. The summed E-state index contributed by atoms with van der Waals surface area (Å²) in [4.78, 5) is 32.4. The number of imide groups is 1. The molecule has 2 amide bonds. The summed E-state index contributed by atoms with van der Waals surface area (Å²) < 4.78 is 16.2. The maximum absolute atomic E-state index is 13.5. The molecule has 1 aliphatic rings. The van der Waals surface area contributed by atoms with Gasteiger partial charge in [-0.1, -0.05) is 18.2 Å². The van der Waals surface area contributed by atoms with Crippen LogP contribution in [-0.4, -0.2) is 42.5 Å². The fourth-order valence-electron chi connectivity index (χ4n) is 3.68. The second-order valence-corrected chi connectivity index (χ2v) is 7.42. The maximum atomic E-state index is 13.5. The number of amides is 2. The Morgan fingerprint density at radius 1 is 0.912 bits per heavy atom. The van der Waals surface area contributed by atoms with Crippen LogP contribution in [0.25, 0.3) is 5.57 Å². The van der Waals surface area contributed by atoms with Crippen LogP contribution in [-0.2, 0) is 16.1 Å². The van der Waals surface area contributed by atoms with Crippen molar-refractivity contribution >= 4 is 23.1 Å². The average Bonchev–Trinajstić information content (AvgIpc) is 3.09. The van der Waals surface area contributed by atoms with Gasteiger partial charge in [-0.2, -0.15) is 0 Å². The number of carbonyl (C=O) groups excluding carboxylic acids is 2. The van der Waals surface area contributed by atoms with E-state index in [-0.39, 0.29) is 17.8 Å². The Balaban J connectivity index is 1.75. The van der Waals surface area contributed by atoms with Crippen molar-refractivity contribution in [2.75, 3.05) is 26.1 Å². The third-order valence-electron chi connectivity index (χ3n) is 5.34. The van der Waals surface area contributed by atoms with E-state index in [1.54, 1.807) is 67.9 Å². The van der Waals surface area contributed by atoms with E-state index in [0.29, 0.717) is 40.8 Å². The Morgan fingerprint density at radius 3 is 2.32 bits per heavy atom. The fourth-order valence-corrected chi connectivity index (χ4v) is 3.68. The minimum Gasteiger partial charge on any atom is -0.497 e. The first kappa shape index (κ1) is 22.8. The van der Waals surface area contributed by atoms with E-state index in [1.807, 2.05) is 13.0 Å². The third kappa shape index (κ3) is 4.56. The van der Waals surface area contributed by atoms with Crippen LogP contribution in [0, 0.1) is 0 Å². The zero-order chi connectivity index (χ0) is 24.1. The monoisotopic (exact) mass is 459 g/mol. The van der Waals surface area contributed by atoms with Gasteiger partial charge in [-0.15, -0.1) is 0 Å². The van der Waals surface area contributed by atoms with Crippen molar-refractivity contribution in [1.29, 1.82) is 0 Å². The molecule has 0 fully saturated rings. The van der Waals surface area contributed by atoms with Gasteiger partial charge in [0, 0.05) is 12.3 Å². The van der Waals surface area contributed by atoms with Crippen LogP contribution in [0.1, 0.15) is 18.2 Å². The Kier molecular flexibility index (Phi) is 6.77. The molecule has 1 aromatic heterocycles. The molecule has 0 aliphatic carbocycles. The van der Waals surface area contributed by atoms with Crippen molar-refractivity contribution < 1.29 is 23.8 Å². The van der Waals surface area contributed by atoms with Crippen LogP contribution < -0.4 is 19.5 Å². The van der Waals surface area contributed by atoms with Crippen LogP contribution in [0.15, 0.2) is 72.6 Å². The predicted molar refractivity (Wildman–Crippen MR) is 127 cm³/mol. The molecule has 0 bridgehead atoms. The maximum Gasteiger partial charge on any atom is 0.278 e. The summed E-state index contributed by atoms with van der Waals surface area (Å²) in [5.74, 6) is 0.905. The van der Waals surface area contributed by atoms with Gasteiger partial charge in [0.15, 0.2) is 0 Å². The van der Waals surface area contributed by atoms with Gasteiger partial charge in [-0.25, -0.2) is 0 Å². The lowest BCUT2D eigenvalue weighted by atomic mass is 10.0. The molecule has 174 valence electrons. The van der Waals surface area contributed by atoms with E-state index in [9.17, 15) is 9.59 Å². The SMILES string of the molecule is CCOc1ccc(C2=C(Nc3ccc(OC)cc3OC)C(=O)N(Cc3ccccn3)C2=O)cc1. The molecule has 0 unspecified atom stereocenters. The van der Waals surface area contributed by atoms with E-state index in [0.717, 1.165) is 0 Å². The van der Waals surface area contributed by atoms with Gasteiger partial charge >= 0.3 is 0 Å². The van der Waals surface area contributed by atoms with Gasteiger partial charge < -0.3 is 19.5 Å². The van der Waals surface area contributed by atoms with Gasteiger partial charge in [-0.3, -0.25) is 19.5 Å². The molecule has 8 nitrogen and oxygen atoms in total. The molecule has 0 atom stereocenters. The summed E-state index contributed by atoms with van der Waals surface area (Å²) in [6.07, 6.45) is 1.63. The summed E-state index contributed by atoms with van der Waals surface area (Å²) in [6, 6.07) is 17.6. The second-order valence-electron chi connectivity index (χ2n) is 7.42. The van der Waals surface area contributed by atoms with E-state index < -0.39 is 11.8 Å². The molecule has 34 heavy (non-hydrogen) atoms. The number of pyridine rings is 1. The van der Waals surface area contributed by atoms with Crippen LogP contribution in [0.2, 0.25) is 0 Å². The zero-order valence-corrected chi connectivity index (χ0v) is 19.2. The Labute approximate surface area is 197 Å². The molecule has 3 aromatic rings. The number of methoxy groups -OCH3 is 2. The number of hydrogen-bond acceptors (Lipinski definition) is 7. The molecule has 8 heteroatoms. The number of benzene rings is 2. The summed E-state index contributed by atoms with van der Waals surface area (Å²) >= 11 is 0. The number of nitrogens with zero attached hydrogens (tertiary/aromatic N) is 2. The van der Waals surface area contributed by atoms with E-state index in [1.165, 1.54) is 12.0 Å². The summed E-state index contributed by atoms with van der Waals surface area (Å²) in [5.41, 5.74) is 2.16. The van der Waals surface area contributed by atoms with Gasteiger partial charge in [0.1, 0.15) is 22.9 Å². The lowest BCUT2D eigenvalue weighted by Crippen LogP contribution is -2.32. The quantitative estimate of drug-likeness (QED) is 0.486. The molecular weight excluding hydrogens is 434 g/mol. The lowest BCUT2D eigenvalue weighted by molar-refractivity contribution is -0.137. The molecule has 1 N–H and O–H groups in total. The highest BCUT2D eigenvalue weighted by molar-refractivity contribution is 6.36. The topological polar surface area (TPSA) is 90.0 Å². The van der Waals surface area contributed by atoms with Crippen molar-refractivity contribution in [2.45, 2.75) is 13.5 Å². The molecule has 0 spiro atoms. The summed E-state index contributed by atoms with van der Waals surface area (Å²) in [5, 5.41) is 3.13. The highest BCUT2D eigenvalue weighted by atomic mass is 16.5. The Bertz CT molecular complexity index is 1220. The van der Waals surface area contributed by atoms with Gasteiger partial charge in [0.05, 0.1) is 44.3 Å². The van der Waals surface area contributed by atoms with Gasteiger partial charge in [0.25, 0.3) is 11.8 Å². The normalized spacial score (nSPS) is 13.3. The highest BCUT2D eigenvalue weighted by Crippen LogP contribution is 2.36. The number of aromatic nitrogens is 1. The van der Waals surface area contributed by atoms with Crippen LogP contribution in [0.5, 0.6) is 17.2 Å². The van der Waals surface area contributed by atoms with Gasteiger partial charge in [-0.05, 0) is 48.9 Å². The zero-order valence-electron chi connectivity index (χ0n) is 19.2. The van der Waals surface area contributed by atoms with Crippen molar-refractivity contribution in [3.63, 3.8) is 0 Å². The fraction of sp³-hybridized carbons (Fsp3) is 0.192. The van der Waals surface area contributed by atoms with Crippen molar-refractivity contribution in [2.24, 2.45) is 0 Å². The van der Waals surface area contributed by atoms with Crippen LogP contribution >= 0.6 is 0 Å². The largest absolute Gasteiger partial charge is 0.497 e. The van der Waals surface area contributed by atoms with Crippen molar-refractivity contribution in [3.05, 3.63) is 83.8 Å². The number of hydrogen-bond donors (Lipinski definition) is 1. The van der Waals surface area contributed by atoms with Crippen molar-refractivity contribution in [1.82, 2.24) is 9.88 Å². The Hall–Kier alpha value is -4.33. The third-order valence-corrected chi connectivity index (χ3v) is 5.34. The highest BCUT2D eigenvalue weighted by Gasteiger charge is 2.39. The predicted octanol–water partition coefficient (Wildman–Crippen LogP) is 3.89. The smallest absolute Gasteiger partial charge is 0.278 e. The first-order chi connectivity index (χ1) is 16.5. The number of anilines is 1. The first-order valence-corrected chi connectivity index (χ1v) is 10.8. The standard InChI is InChI=1S/C26H25N3O5/c1-4-34-19-10-8-17(9-11-19)23-24(28-21-13-12-20(32-2)15-22(21)33-3)26(31)29(25(23)30)16-18-7-5-6-14-27-18/h5-15,28H,4,16H2,1-3H3. The lowest BCUT2D eigenvalue weighted by Gasteiger charge is -2.15. The molecule has 0 radical (unpaired) electrons. The van der Waals surface area contributed by atoms with Crippen LogP contribution in [0.4, 0.5) is 5.69 Å². The molecule has 1 aliphatic heterocycles. The molecule has 0 saturated carbocycles. The second kappa shape index (κ2) is 10.1. The number of ether oxygens (including phenoxy) is 3. The van der Waals surface area contributed by atoms with Gasteiger partial charge in [0.2, 0.25) is 0 Å². The molecule has 2 aromatic carbocycles. The van der Waals surface area contributed by atoms with E-state index in [2.05, 4.69) is 10.3 Å². The minimum absolute atomic E-state index is 0.0595. The molecule has 0 saturated heterocycles. The molecule has 4 rings (SSSR count). The average molecular weight is 460 g/mol. The Morgan fingerprint density at radius 2 is 1.68 bits per heavy atom. The van der Waals surface area contributed by atoms with Crippen molar-refractivity contribution in [3.8, 4) is 17.2 Å². The summed E-state index contributed by atoms with van der Waals surface area (Å²) in [7, 11) is 3.08. The summed E-state index contributed by atoms with van der Waals surface area (Å²) in [6.45, 7) is 2.49. The van der Waals surface area contributed by atoms with E-state index in [4.69, 9.17) is 14.2 Å². The number of rotatable bonds is 9.